The van der Waals surface area contributed by atoms with Crippen molar-refractivity contribution >= 4 is 5.91 Å². The number of carbonyl (C=O) groups excluding carboxylic acids is 1. The van der Waals surface area contributed by atoms with Gasteiger partial charge in [0.25, 0.3) is 0 Å². The number of aromatic nitrogens is 1. The number of rotatable bonds is 5. The number of nitrogens with zero attached hydrogens (tertiary/aromatic N) is 2. The fourth-order valence-corrected chi connectivity index (χ4v) is 4.74. The van der Waals surface area contributed by atoms with Gasteiger partial charge in [0.05, 0.1) is 24.3 Å². The van der Waals surface area contributed by atoms with Crippen LogP contribution in [0.2, 0.25) is 0 Å². The fraction of sp³-hybridized carbons (Fsp3) is 0.478. The van der Waals surface area contributed by atoms with E-state index in [1.807, 2.05) is 24.4 Å². The number of fused-ring (bicyclic) bond motifs is 1. The number of hydrogen-bond acceptors (Lipinski definition) is 4. The molecule has 2 aromatic rings. The van der Waals surface area contributed by atoms with Crippen LogP contribution >= 0.6 is 0 Å². The SMILES string of the molecule is O=C(NC1CCC1)[C@]12COC[C@H]1CN(Cc1ccc(-c3ccccn3)cc1)C2. The molecular formula is C23H27N3O2. The highest BCUT2D eigenvalue weighted by molar-refractivity contribution is 5.84. The van der Waals surface area contributed by atoms with E-state index < -0.39 is 0 Å². The van der Waals surface area contributed by atoms with Crippen LogP contribution in [0.15, 0.2) is 48.7 Å². The molecule has 5 rings (SSSR count). The summed E-state index contributed by atoms with van der Waals surface area (Å²) in [6.45, 7) is 3.86. The molecule has 1 N–H and O–H groups in total. The van der Waals surface area contributed by atoms with Crippen LogP contribution in [0.4, 0.5) is 0 Å². The van der Waals surface area contributed by atoms with Gasteiger partial charge in [0.15, 0.2) is 0 Å². The van der Waals surface area contributed by atoms with Gasteiger partial charge in [-0.05, 0) is 37.0 Å². The van der Waals surface area contributed by atoms with Crippen LogP contribution in [0.25, 0.3) is 11.3 Å². The minimum absolute atomic E-state index is 0.215. The summed E-state index contributed by atoms with van der Waals surface area (Å²) in [5.74, 6) is 0.521. The van der Waals surface area contributed by atoms with Gasteiger partial charge in [0, 0.05) is 43.4 Å². The molecule has 2 atom stereocenters. The van der Waals surface area contributed by atoms with Gasteiger partial charge in [0.1, 0.15) is 0 Å². The maximum Gasteiger partial charge on any atom is 0.230 e. The van der Waals surface area contributed by atoms with Crippen molar-refractivity contribution < 1.29 is 9.53 Å². The van der Waals surface area contributed by atoms with Crippen LogP contribution in [0, 0.1) is 11.3 Å². The maximum absolute atomic E-state index is 13.0. The van der Waals surface area contributed by atoms with Gasteiger partial charge in [-0.15, -0.1) is 0 Å². The van der Waals surface area contributed by atoms with Crippen LogP contribution in [0.3, 0.4) is 0 Å². The Morgan fingerprint density at radius 3 is 2.79 bits per heavy atom. The fourth-order valence-electron chi connectivity index (χ4n) is 4.74. The van der Waals surface area contributed by atoms with Crippen molar-refractivity contribution in [2.45, 2.75) is 31.8 Å². The van der Waals surface area contributed by atoms with Gasteiger partial charge in [0.2, 0.25) is 5.91 Å². The Labute approximate surface area is 166 Å². The molecular weight excluding hydrogens is 350 g/mol. The van der Waals surface area contributed by atoms with Crippen LogP contribution in [0.1, 0.15) is 24.8 Å². The molecule has 1 aromatic heterocycles. The standard InChI is InChI=1S/C23H27N3O2/c27-22(25-20-4-3-5-20)23-15-26(13-19(23)14-28-16-23)12-17-7-9-18(10-8-17)21-6-1-2-11-24-21/h1-2,6-11,19-20H,3-5,12-16H2,(H,25,27)/t19-,23-/m1/s1. The topological polar surface area (TPSA) is 54.5 Å². The number of ether oxygens (including phenoxy) is 1. The molecule has 0 bridgehead atoms. The van der Waals surface area contributed by atoms with Crippen LogP contribution in [-0.2, 0) is 16.1 Å². The normalized spacial score (nSPS) is 27.4. The lowest BCUT2D eigenvalue weighted by Gasteiger charge is -2.32. The van der Waals surface area contributed by atoms with E-state index in [0.717, 1.165) is 43.7 Å². The van der Waals surface area contributed by atoms with E-state index in [9.17, 15) is 4.79 Å². The molecule has 1 amide bonds. The lowest BCUT2D eigenvalue weighted by molar-refractivity contribution is -0.133. The van der Waals surface area contributed by atoms with Crippen molar-refractivity contribution in [3.63, 3.8) is 0 Å². The third-order valence-electron chi connectivity index (χ3n) is 6.66. The molecule has 1 aliphatic carbocycles. The van der Waals surface area contributed by atoms with E-state index in [1.165, 1.54) is 12.0 Å². The summed E-state index contributed by atoms with van der Waals surface area (Å²) in [4.78, 5) is 19.9. The molecule has 2 aliphatic heterocycles. The Balaban J connectivity index is 1.26. The van der Waals surface area contributed by atoms with Crippen molar-refractivity contribution in [3.05, 3.63) is 54.2 Å². The molecule has 0 unspecified atom stereocenters. The Hall–Kier alpha value is -2.24. The summed E-state index contributed by atoms with van der Waals surface area (Å²) < 4.78 is 5.74. The Kier molecular flexibility index (Phi) is 4.65. The van der Waals surface area contributed by atoms with Crippen LogP contribution in [0.5, 0.6) is 0 Å². The maximum atomic E-state index is 13.0. The van der Waals surface area contributed by atoms with Gasteiger partial charge in [-0.2, -0.15) is 0 Å². The number of carbonyl (C=O) groups is 1. The second-order valence-corrected chi connectivity index (χ2v) is 8.55. The summed E-state index contributed by atoms with van der Waals surface area (Å²) in [5.41, 5.74) is 3.04. The minimum atomic E-state index is -0.358. The zero-order valence-electron chi connectivity index (χ0n) is 16.1. The predicted octanol–water partition coefficient (Wildman–Crippen LogP) is 2.87. The van der Waals surface area contributed by atoms with E-state index in [-0.39, 0.29) is 11.3 Å². The van der Waals surface area contributed by atoms with E-state index >= 15 is 0 Å². The second-order valence-electron chi connectivity index (χ2n) is 8.55. The van der Waals surface area contributed by atoms with E-state index in [1.54, 1.807) is 0 Å². The lowest BCUT2D eigenvalue weighted by atomic mass is 9.79. The molecule has 3 aliphatic rings. The largest absolute Gasteiger partial charge is 0.380 e. The Morgan fingerprint density at radius 2 is 2.07 bits per heavy atom. The minimum Gasteiger partial charge on any atom is -0.380 e. The zero-order valence-corrected chi connectivity index (χ0v) is 16.1. The number of hydrogen-bond donors (Lipinski definition) is 1. The molecule has 1 saturated carbocycles. The van der Waals surface area contributed by atoms with Gasteiger partial charge >= 0.3 is 0 Å². The molecule has 2 saturated heterocycles. The van der Waals surface area contributed by atoms with Crippen LogP contribution < -0.4 is 5.32 Å². The zero-order chi connectivity index (χ0) is 19.0. The number of amides is 1. The van der Waals surface area contributed by atoms with Crippen molar-refractivity contribution in [2.75, 3.05) is 26.3 Å². The number of benzene rings is 1. The van der Waals surface area contributed by atoms with Crippen molar-refractivity contribution in [1.82, 2.24) is 15.2 Å². The van der Waals surface area contributed by atoms with Crippen molar-refractivity contribution in [1.29, 1.82) is 0 Å². The smallest absolute Gasteiger partial charge is 0.230 e. The summed E-state index contributed by atoms with van der Waals surface area (Å²) >= 11 is 0. The quantitative estimate of drug-likeness (QED) is 0.871. The third-order valence-corrected chi connectivity index (χ3v) is 6.66. The van der Waals surface area contributed by atoms with Gasteiger partial charge in [-0.1, -0.05) is 30.3 Å². The first-order valence-corrected chi connectivity index (χ1v) is 10.3. The average molecular weight is 377 g/mol. The van der Waals surface area contributed by atoms with Crippen molar-refractivity contribution in [2.24, 2.45) is 11.3 Å². The first kappa shape index (κ1) is 17.8. The first-order chi connectivity index (χ1) is 13.7. The first-order valence-electron chi connectivity index (χ1n) is 10.3. The predicted molar refractivity (Wildman–Crippen MR) is 107 cm³/mol. The monoisotopic (exact) mass is 377 g/mol. The van der Waals surface area contributed by atoms with Gasteiger partial charge in [-0.3, -0.25) is 14.7 Å². The molecule has 1 aromatic carbocycles. The second kappa shape index (κ2) is 7.30. The van der Waals surface area contributed by atoms with Gasteiger partial charge < -0.3 is 10.1 Å². The Bertz CT molecular complexity index is 835. The Morgan fingerprint density at radius 1 is 1.21 bits per heavy atom. The van der Waals surface area contributed by atoms with Crippen molar-refractivity contribution in [3.8, 4) is 11.3 Å². The summed E-state index contributed by atoms with van der Waals surface area (Å²) in [5, 5.41) is 3.28. The van der Waals surface area contributed by atoms with E-state index in [4.69, 9.17) is 4.74 Å². The van der Waals surface area contributed by atoms with E-state index in [0.29, 0.717) is 25.2 Å². The average Bonchev–Trinajstić information content (AvgIpc) is 3.24. The summed E-state index contributed by atoms with van der Waals surface area (Å²) in [7, 11) is 0. The molecule has 3 heterocycles. The number of nitrogens with one attached hydrogen (secondary N) is 1. The van der Waals surface area contributed by atoms with Crippen LogP contribution in [-0.4, -0.2) is 48.1 Å². The highest BCUT2D eigenvalue weighted by atomic mass is 16.5. The molecule has 28 heavy (non-hydrogen) atoms. The number of pyridine rings is 1. The molecule has 5 heteroatoms. The summed E-state index contributed by atoms with van der Waals surface area (Å²) in [6, 6.07) is 15.0. The van der Waals surface area contributed by atoms with Gasteiger partial charge in [-0.25, -0.2) is 0 Å². The number of likely N-dealkylation sites (tertiary alicyclic amines) is 1. The highest BCUT2D eigenvalue weighted by Gasteiger charge is 2.55. The van der Waals surface area contributed by atoms with E-state index in [2.05, 4.69) is 39.5 Å². The molecule has 5 nitrogen and oxygen atoms in total. The molecule has 0 spiro atoms. The lowest BCUT2D eigenvalue weighted by Crippen LogP contribution is -2.51. The molecule has 3 fully saturated rings. The summed E-state index contributed by atoms with van der Waals surface area (Å²) in [6.07, 6.45) is 5.31. The third kappa shape index (κ3) is 3.23. The highest BCUT2D eigenvalue weighted by Crippen LogP contribution is 2.42. The molecule has 0 radical (unpaired) electrons. The molecule has 146 valence electrons.